The van der Waals surface area contributed by atoms with Gasteiger partial charge in [-0.05, 0) is 0 Å². The lowest BCUT2D eigenvalue weighted by molar-refractivity contribution is -0.327. The van der Waals surface area contributed by atoms with E-state index in [9.17, 15) is 9.59 Å². The molecule has 19 heavy (non-hydrogen) atoms. The van der Waals surface area contributed by atoms with Crippen LogP contribution in [0.5, 0.6) is 0 Å². The van der Waals surface area contributed by atoms with E-state index in [4.69, 9.17) is 19.8 Å². The second-order valence-electron chi connectivity index (χ2n) is 2.91. The number of esters is 1. The summed E-state index contributed by atoms with van der Waals surface area (Å²) in [6.45, 7) is -0.942. The zero-order valence-corrected chi connectivity index (χ0v) is 10.1. The molecule has 0 saturated carbocycles. The first-order chi connectivity index (χ1) is 9.16. The van der Waals surface area contributed by atoms with Crippen LogP contribution in [0.3, 0.4) is 0 Å². The van der Waals surface area contributed by atoms with E-state index in [1.807, 2.05) is 0 Å². The number of ether oxygens (including phenoxy) is 3. The van der Waals surface area contributed by atoms with Crippen LogP contribution in [-0.4, -0.2) is 68.7 Å². The molecule has 0 fully saturated rings. The summed E-state index contributed by atoms with van der Waals surface area (Å²) in [5.74, 6) is -2.04. The van der Waals surface area contributed by atoms with E-state index in [0.29, 0.717) is 0 Å². The maximum atomic E-state index is 10.8. The third-order valence-electron chi connectivity index (χ3n) is 1.40. The third kappa shape index (κ3) is 14.6. The van der Waals surface area contributed by atoms with Crippen molar-refractivity contribution >= 4 is 11.9 Å². The van der Waals surface area contributed by atoms with Gasteiger partial charge in [0.25, 0.3) is 0 Å². The van der Waals surface area contributed by atoms with E-state index in [0.717, 1.165) is 0 Å². The zero-order valence-electron chi connectivity index (χ0n) is 10.1. The number of carbonyl (C=O) groups excluding carboxylic acids is 1. The van der Waals surface area contributed by atoms with Gasteiger partial charge >= 0.3 is 11.9 Å². The lowest BCUT2D eigenvalue weighted by atomic mass is 10.7. The number of hydrogen-bond acceptors (Lipinski definition) is 9. The molecule has 0 aromatic carbocycles. The van der Waals surface area contributed by atoms with Crippen LogP contribution in [0.25, 0.3) is 0 Å². The quantitative estimate of drug-likeness (QED) is 0.143. The smallest absolute Gasteiger partial charge is 0.341 e. The van der Waals surface area contributed by atoms with Gasteiger partial charge in [0.1, 0.15) is 33.2 Å². The molecular formula is C9H16O10. The molecular weight excluding hydrogens is 268 g/mol. The summed E-state index contributed by atoms with van der Waals surface area (Å²) in [6, 6.07) is 0. The number of rotatable bonds is 13. The molecule has 0 aliphatic heterocycles. The van der Waals surface area contributed by atoms with Gasteiger partial charge in [0.2, 0.25) is 0 Å². The first-order valence-corrected chi connectivity index (χ1v) is 5.20. The van der Waals surface area contributed by atoms with Crippen LogP contribution in [0.4, 0.5) is 0 Å². The predicted octanol–water partition coefficient (Wildman–Crippen LogP) is -0.957. The Labute approximate surface area is 108 Å². The molecule has 0 unspecified atom stereocenters. The van der Waals surface area contributed by atoms with Crippen molar-refractivity contribution in [2.45, 2.75) is 0 Å². The number of carbonyl (C=O) groups is 2. The van der Waals surface area contributed by atoms with Gasteiger partial charge in [-0.25, -0.2) is 24.3 Å². The molecule has 0 rings (SSSR count). The fourth-order valence-corrected chi connectivity index (χ4v) is 0.709. The number of carboxylic acids is 1. The molecule has 0 radical (unpaired) electrons. The van der Waals surface area contributed by atoms with Gasteiger partial charge in [-0.2, -0.15) is 0 Å². The van der Waals surface area contributed by atoms with Crippen molar-refractivity contribution in [1.82, 2.24) is 0 Å². The molecule has 0 aliphatic rings. The highest BCUT2D eigenvalue weighted by Gasteiger charge is 2.05. The Morgan fingerprint density at radius 3 is 2.21 bits per heavy atom. The SMILES string of the molecule is O=C(O)COC(=O)COCOCCOOCCOO. The monoisotopic (exact) mass is 284 g/mol. The average Bonchev–Trinajstić information content (AvgIpc) is 2.38. The van der Waals surface area contributed by atoms with Crippen LogP contribution >= 0.6 is 0 Å². The van der Waals surface area contributed by atoms with Crippen LogP contribution < -0.4 is 0 Å². The van der Waals surface area contributed by atoms with Gasteiger partial charge in [-0.3, -0.25) is 5.26 Å². The van der Waals surface area contributed by atoms with E-state index in [1.54, 1.807) is 0 Å². The predicted molar refractivity (Wildman–Crippen MR) is 55.9 cm³/mol. The molecule has 0 amide bonds. The van der Waals surface area contributed by atoms with E-state index >= 15 is 0 Å². The summed E-state index contributed by atoms with van der Waals surface area (Å²) in [5.41, 5.74) is 0. The minimum atomic E-state index is -1.24. The average molecular weight is 284 g/mol. The van der Waals surface area contributed by atoms with Crippen LogP contribution in [0, 0.1) is 0 Å². The zero-order chi connectivity index (χ0) is 14.3. The highest BCUT2D eigenvalue weighted by Crippen LogP contribution is 1.85. The Kier molecular flexibility index (Phi) is 12.2. The fourth-order valence-electron chi connectivity index (χ4n) is 0.709. The number of aliphatic carboxylic acids is 1. The van der Waals surface area contributed by atoms with Crippen molar-refractivity contribution in [1.29, 1.82) is 0 Å². The molecule has 0 bridgehead atoms. The Morgan fingerprint density at radius 1 is 0.895 bits per heavy atom. The highest BCUT2D eigenvalue weighted by molar-refractivity contribution is 5.75. The van der Waals surface area contributed by atoms with E-state index in [-0.39, 0.29) is 33.2 Å². The normalized spacial score (nSPS) is 10.4. The molecule has 0 saturated heterocycles. The van der Waals surface area contributed by atoms with Crippen molar-refractivity contribution in [2.24, 2.45) is 0 Å². The van der Waals surface area contributed by atoms with E-state index < -0.39 is 25.2 Å². The molecule has 0 heterocycles. The van der Waals surface area contributed by atoms with E-state index in [2.05, 4.69) is 19.4 Å². The minimum Gasteiger partial charge on any atom is -0.479 e. The van der Waals surface area contributed by atoms with Crippen LogP contribution in [0.15, 0.2) is 0 Å². The molecule has 10 nitrogen and oxygen atoms in total. The molecule has 0 aromatic heterocycles. The number of hydrogen-bond donors (Lipinski definition) is 2. The van der Waals surface area contributed by atoms with E-state index in [1.165, 1.54) is 0 Å². The first-order valence-electron chi connectivity index (χ1n) is 5.20. The second kappa shape index (κ2) is 13.1. The Morgan fingerprint density at radius 2 is 1.58 bits per heavy atom. The standard InChI is InChI=1S/C9H16O10/c10-8(11)5-16-9(12)6-15-7-14-1-3-18-19-4-2-17-13/h13H,1-7H2,(H,10,11). The van der Waals surface area contributed by atoms with Gasteiger partial charge in [-0.15, -0.1) is 0 Å². The topological polar surface area (TPSA) is 130 Å². The molecule has 112 valence electrons. The second-order valence-corrected chi connectivity index (χ2v) is 2.91. The van der Waals surface area contributed by atoms with Crippen LogP contribution in [0.2, 0.25) is 0 Å². The van der Waals surface area contributed by atoms with Gasteiger partial charge in [0.15, 0.2) is 6.61 Å². The molecule has 10 heteroatoms. The summed E-state index contributed by atoms with van der Waals surface area (Å²) in [5, 5.41) is 16.2. The van der Waals surface area contributed by atoms with Crippen LogP contribution in [-0.2, 0) is 38.5 Å². The van der Waals surface area contributed by atoms with Crippen molar-refractivity contribution in [2.75, 3.05) is 46.4 Å². The lowest BCUT2D eigenvalue weighted by Gasteiger charge is -2.06. The van der Waals surface area contributed by atoms with Crippen LogP contribution in [0.1, 0.15) is 0 Å². The molecule has 0 spiro atoms. The van der Waals surface area contributed by atoms with Crippen molar-refractivity contribution < 1.29 is 48.8 Å². The molecule has 0 aliphatic carbocycles. The summed E-state index contributed by atoms with van der Waals surface area (Å²) in [6.07, 6.45) is 0. The van der Waals surface area contributed by atoms with Gasteiger partial charge in [-0.1, -0.05) is 0 Å². The first kappa shape index (κ1) is 17.7. The Hall–Kier alpha value is -1.30. The van der Waals surface area contributed by atoms with Crippen molar-refractivity contribution in [3.63, 3.8) is 0 Å². The maximum absolute atomic E-state index is 10.8. The van der Waals surface area contributed by atoms with Gasteiger partial charge in [0.05, 0.1) is 6.61 Å². The highest BCUT2D eigenvalue weighted by atomic mass is 17.2. The number of carboxylic acid groups (broad SMARTS) is 1. The molecule has 2 N–H and O–H groups in total. The van der Waals surface area contributed by atoms with Crippen molar-refractivity contribution in [3.05, 3.63) is 0 Å². The van der Waals surface area contributed by atoms with Gasteiger partial charge in [0, 0.05) is 0 Å². The summed E-state index contributed by atoms with van der Waals surface area (Å²) >= 11 is 0. The summed E-state index contributed by atoms with van der Waals surface area (Å²) in [4.78, 5) is 33.8. The van der Waals surface area contributed by atoms with Gasteiger partial charge < -0.3 is 19.3 Å². The molecule has 0 atom stereocenters. The minimum absolute atomic E-state index is 0.0115. The summed E-state index contributed by atoms with van der Waals surface area (Å²) < 4.78 is 13.9. The molecule has 0 aromatic rings. The van der Waals surface area contributed by atoms with Crippen molar-refractivity contribution in [3.8, 4) is 0 Å². The fraction of sp³-hybridized carbons (Fsp3) is 0.778. The largest absolute Gasteiger partial charge is 0.479 e. The third-order valence-corrected chi connectivity index (χ3v) is 1.40. The lowest BCUT2D eigenvalue weighted by Crippen LogP contribution is -2.18. The summed E-state index contributed by atoms with van der Waals surface area (Å²) in [7, 11) is 0. The maximum Gasteiger partial charge on any atom is 0.341 e. The Balaban J connectivity index is 3.13. The Bertz CT molecular complexity index is 243.